The number of aromatic nitrogens is 1. The number of hydrogen-bond donors (Lipinski definition) is 0. The number of benzene rings is 1. The molecule has 0 atom stereocenters. The lowest BCUT2D eigenvalue weighted by atomic mass is 9.89. The van der Waals surface area contributed by atoms with Gasteiger partial charge in [0.15, 0.2) is 6.20 Å². The van der Waals surface area contributed by atoms with Gasteiger partial charge in [0.2, 0.25) is 5.69 Å². The Kier molecular flexibility index (Phi) is 3.61. The van der Waals surface area contributed by atoms with Gasteiger partial charge in [-0.25, -0.2) is 0 Å². The second-order valence-electron chi connectivity index (χ2n) is 6.30. The van der Waals surface area contributed by atoms with Crippen molar-refractivity contribution in [2.24, 2.45) is 5.41 Å². The van der Waals surface area contributed by atoms with Crippen LogP contribution in [0.4, 0.5) is 0 Å². The van der Waals surface area contributed by atoms with Crippen LogP contribution in [0, 0.1) is 17.5 Å². The second kappa shape index (κ2) is 5.33. The molecule has 3 rings (SSSR count). The molecule has 0 saturated heterocycles. The molecule has 0 radical (unpaired) electrons. The van der Waals surface area contributed by atoms with Crippen molar-refractivity contribution >= 4 is 17.2 Å². The zero-order valence-electron chi connectivity index (χ0n) is 12.9. The van der Waals surface area contributed by atoms with Crippen molar-refractivity contribution in [3.8, 4) is 5.75 Å². The molecule has 114 valence electrons. The Balaban J connectivity index is 2.29. The van der Waals surface area contributed by atoms with Gasteiger partial charge in [0.25, 0.3) is 0 Å². The number of hydrogen-bond acceptors (Lipinski definition) is 2. The molecule has 1 aliphatic heterocycles. The first-order valence-corrected chi connectivity index (χ1v) is 7.60. The monoisotopic (exact) mass is 315 g/mol. The molecule has 0 amide bonds. The third-order valence-electron chi connectivity index (χ3n) is 3.85. The third-order valence-corrected chi connectivity index (χ3v) is 4.26. The van der Waals surface area contributed by atoms with Crippen molar-refractivity contribution in [3.05, 3.63) is 69.7 Å². The molecule has 3 nitrogen and oxygen atoms in total. The predicted molar refractivity (Wildman–Crippen MR) is 87.9 cm³/mol. The molecule has 0 bridgehead atoms. The van der Waals surface area contributed by atoms with Gasteiger partial charge in [-0.3, -0.25) is 0 Å². The average Bonchev–Trinajstić information content (AvgIpc) is 2.60. The zero-order valence-corrected chi connectivity index (χ0v) is 13.6. The van der Waals surface area contributed by atoms with Crippen LogP contribution in [0.2, 0.25) is 5.02 Å². The maximum Gasteiger partial charge on any atom is 0.224 e. The first kappa shape index (κ1) is 14.9. The summed E-state index contributed by atoms with van der Waals surface area (Å²) in [6.07, 6.45) is 3.62. The fourth-order valence-corrected chi connectivity index (χ4v) is 2.83. The fraction of sp³-hybridized carbons (Fsp3) is 0.278. The maximum atomic E-state index is 12.2. The first-order valence-electron chi connectivity index (χ1n) is 7.23. The van der Waals surface area contributed by atoms with Crippen molar-refractivity contribution in [2.45, 2.75) is 20.8 Å². The minimum absolute atomic E-state index is 0.184. The molecule has 0 spiro atoms. The van der Waals surface area contributed by atoms with Crippen molar-refractivity contribution in [1.82, 2.24) is 0 Å². The molecule has 0 N–H and O–H groups in total. The van der Waals surface area contributed by atoms with E-state index in [1.165, 1.54) is 6.20 Å². The van der Waals surface area contributed by atoms with Crippen molar-refractivity contribution in [3.63, 3.8) is 0 Å². The molecule has 2 heterocycles. The molecule has 0 unspecified atom stereocenters. The standard InChI is InChI=1S/C18H18ClNO2/c1-12-15(19)8-7-13-14(16-6-4-5-9-20(16)21)10-18(2,3)11-22-17(12)13/h4-10H,11H2,1-3H3. The number of fused-ring (bicyclic) bond motifs is 1. The van der Waals surface area contributed by atoms with E-state index in [2.05, 4.69) is 19.9 Å². The lowest BCUT2D eigenvalue weighted by molar-refractivity contribution is -0.607. The van der Waals surface area contributed by atoms with Crippen LogP contribution in [0.3, 0.4) is 0 Å². The molecule has 0 fully saturated rings. The van der Waals surface area contributed by atoms with Crippen LogP contribution >= 0.6 is 11.6 Å². The van der Waals surface area contributed by atoms with E-state index in [9.17, 15) is 5.21 Å². The number of pyridine rings is 1. The van der Waals surface area contributed by atoms with Gasteiger partial charge >= 0.3 is 0 Å². The topological polar surface area (TPSA) is 36.2 Å². The Morgan fingerprint density at radius 3 is 2.73 bits per heavy atom. The lowest BCUT2D eigenvalue weighted by Gasteiger charge is -2.19. The van der Waals surface area contributed by atoms with Gasteiger partial charge in [-0.2, -0.15) is 4.73 Å². The lowest BCUT2D eigenvalue weighted by Crippen LogP contribution is -2.30. The first-order chi connectivity index (χ1) is 10.4. The number of rotatable bonds is 1. The molecule has 1 aromatic carbocycles. The van der Waals surface area contributed by atoms with Crippen LogP contribution in [0.15, 0.2) is 42.6 Å². The van der Waals surface area contributed by atoms with Crippen LogP contribution in [-0.2, 0) is 0 Å². The van der Waals surface area contributed by atoms with Gasteiger partial charge < -0.3 is 9.94 Å². The maximum absolute atomic E-state index is 12.2. The quantitative estimate of drug-likeness (QED) is 0.586. The summed E-state index contributed by atoms with van der Waals surface area (Å²) in [5.74, 6) is 0.758. The van der Waals surface area contributed by atoms with Gasteiger partial charge in [-0.1, -0.05) is 31.5 Å². The third kappa shape index (κ3) is 2.57. The molecular weight excluding hydrogens is 298 g/mol. The van der Waals surface area contributed by atoms with E-state index >= 15 is 0 Å². The largest absolute Gasteiger partial charge is 0.618 e. The second-order valence-corrected chi connectivity index (χ2v) is 6.70. The summed E-state index contributed by atoms with van der Waals surface area (Å²) >= 11 is 6.23. The van der Waals surface area contributed by atoms with Crippen LogP contribution < -0.4 is 9.47 Å². The zero-order chi connectivity index (χ0) is 15.9. The predicted octanol–water partition coefficient (Wildman–Crippen LogP) is 4.13. The Bertz CT molecular complexity index is 766. The molecule has 0 aliphatic carbocycles. The highest BCUT2D eigenvalue weighted by Crippen LogP contribution is 2.41. The van der Waals surface area contributed by atoms with E-state index in [1.54, 1.807) is 6.07 Å². The average molecular weight is 316 g/mol. The van der Waals surface area contributed by atoms with Crippen molar-refractivity contribution in [2.75, 3.05) is 6.61 Å². The number of nitrogens with zero attached hydrogens (tertiary/aromatic N) is 1. The van der Waals surface area contributed by atoms with Crippen LogP contribution in [0.5, 0.6) is 5.75 Å². The molecular formula is C18H18ClNO2. The van der Waals surface area contributed by atoms with Gasteiger partial charge in [0, 0.05) is 33.7 Å². The summed E-state index contributed by atoms with van der Waals surface area (Å²) in [5.41, 5.74) is 3.12. The molecule has 1 aromatic heterocycles. The van der Waals surface area contributed by atoms with E-state index in [0.29, 0.717) is 17.3 Å². The van der Waals surface area contributed by atoms with E-state index in [-0.39, 0.29) is 5.41 Å². The summed E-state index contributed by atoms with van der Waals surface area (Å²) in [7, 11) is 0. The summed E-state index contributed by atoms with van der Waals surface area (Å²) in [4.78, 5) is 0. The summed E-state index contributed by atoms with van der Waals surface area (Å²) < 4.78 is 6.91. The molecule has 4 heteroatoms. The van der Waals surface area contributed by atoms with Gasteiger partial charge in [-0.15, -0.1) is 0 Å². The van der Waals surface area contributed by atoms with Gasteiger partial charge in [-0.05, 0) is 25.1 Å². The highest BCUT2D eigenvalue weighted by Gasteiger charge is 2.28. The normalized spacial score (nSPS) is 16.3. The van der Waals surface area contributed by atoms with E-state index in [1.807, 2.05) is 31.2 Å². The van der Waals surface area contributed by atoms with Crippen LogP contribution in [0.25, 0.3) is 5.57 Å². The van der Waals surface area contributed by atoms with Crippen molar-refractivity contribution in [1.29, 1.82) is 0 Å². The molecule has 1 aliphatic rings. The van der Waals surface area contributed by atoms with E-state index in [4.69, 9.17) is 16.3 Å². The minimum Gasteiger partial charge on any atom is -0.618 e. The Morgan fingerprint density at radius 2 is 2.00 bits per heavy atom. The number of ether oxygens (including phenoxy) is 1. The fourth-order valence-electron chi connectivity index (χ4n) is 2.68. The minimum atomic E-state index is -0.184. The van der Waals surface area contributed by atoms with E-state index in [0.717, 1.165) is 27.2 Å². The molecule has 2 aromatic rings. The Labute approximate surface area is 135 Å². The Morgan fingerprint density at radius 1 is 1.23 bits per heavy atom. The number of halogens is 1. The highest BCUT2D eigenvalue weighted by molar-refractivity contribution is 6.31. The van der Waals surface area contributed by atoms with E-state index < -0.39 is 0 Å². The van der Waals surface area contributed by atoms with Crippen LogP contribution in [0.1, 0.15) is 30.7 Å². The van der Waals surface area contributed by atoms with Crippen molar-refractivity contribution < 1.29 is 9.47 Å². The van der Waals surface area contributed by atoms with Gasteiger partial charge in [0.05, 0.1) is 12.2 Å². The summed E-state index contributed by atoms with van der Waals surface area (Å²) in [5, 5.41) is 12.9. The highest BCUT2D eigenvalue weighted by atomic mass is 35.5. The molecule has 0 saturated carbocycles. The van der Waals surface area contributed by atoms with Crippen LogP contribution in [-0.4, -0.2) is 6.61 Å². The van der Waals surface area contributed by atoms with Gasteiger partial charge in [0.1, 0.15) is 5.75 Å². The molecule has 22 heavy (non-hydrogen) atoms. The summed E-state index contributed by atoms with van der Waals surface area (Å²) in [6.45, 7) is 6.66. The summed E-state index contributed by atoms with van der Waals surface area (Å²) in [6, 6.07) is 9.19. The Hall–Kier alpha value is -2.00. The SMILES string of the molecule is Cc1c(Cl)ccc2c1OCC(C)(C)C=C2c1cccc[n+]1[O-]. The smallest absolute Gasteiger partial charge is 0.224 e.